The number of thiazole rings is 1. The monoisotopic (exact) mass is 695 g/mol. The zero-order valence-electron chi connectivity index (χ0n) is 25.6. The lowest BCUT2D eigenvalue weighted by Gasteiger charge is -2.19. The smallest absolute Gasteiger partial charge is 0.265 e. The second kappa shape index (κ2) is 13.5. The molecule has 0 bridgehead atoms. The number of hydrogen-bond donors (Lipinski definition) is 2. The SMILES string of the molecule is CCC(/C=C1\Oc2ccc(-n3cccc3)cc2N1CCCS(=O)(=O)O)=C\c1sc2ccc(-n3cccc3)cc2[n+]1CCCS(=O)(=O)O. The van der Waals surface area contributed by atoms with Crippen molar-refractivity contribution < 1.29 is 35.2 Å². The van der Waals surface area contributed by atoms with Crippen LogP contribution < -0.4 is 14.2 Å². The van der Waals surface area contributed by atoms with Gasteiger partial charge in [0.1, 0.15) is 4.70 Å². The van der Waals surface area contributed by atoms with Crippen LogP contribution in [0.4, 0.5) is 5.69 Å². The van der Waals surface area contributed by atoms with Gasteiger partial charge in [-0.3, -0.25) is 9.11 Å². The first kappa shape index (κ1) is 32.7. The Morgan fingerprint density at radius 1 is 0.872 bits per heavy atom. The highest BCUT2D eigenvalue weighted by molar-refractivity contribution is 7.86. The number of benzene rings is 2. The Morgan fingerprint density at radius 2 is 1.49 bits per heavy atom. The van der Waals surface area contributed by atoms with Gasteiger partial charge in [-0.05, 0) is 73.0 Å². The molecule has 1 aliphatic heterocycles. The Labute approximate surface area is 277 Å². The van der Waals surface area contributed by atoms with E-state index >= 15 is 0 Å². The lowest BCUT2D eigenvalue weighted by atomic mass is 10.1. The Bertz CT molecular complexity index is 2170. The van der Waals surface area contributed by atoms with Gasteiger partial charge in [0.05, 0.1) is 22.9 Å². The maximum Gasteiger partial charge on any atom is 0.265 e. The maximum atomic E-state index is 11.5. The summed E-state index contributed by atoms with van der Waals surface area (Å²) < 4.78 is 78.3. The molecule has 14 heteroatoms. The van der Waals surface area contributed by atoms with Crippen LogP contribution in [0.15, 0.2) is 103 Å². The van der Waals surface area contributed by atoms with Gasteiger partial charge in [-0.25, -0.2) is 0 Å². The summed E-state index contributed by atoms with van der Waals surface area (Å²) in [6.07, 6.45) is 12.8. The van der Waals surface area contributed by atoms with Crippen molar-refractivity contribution in [2.24, 2.45) is 0 Å². The number of hydrogen-bond acceptors (Lipinski definition) is 7. The van der Waals surface area contributed by atoms with E-state index in [4.69, 9.17) is 4.74 Å². The number of ether oxygens (including phenoxy) is 1. The Hall–Kier alpha value is -4.21. The highest BCUT2D eigenvalue weighted by Gasteiger charge is 2.28. The number of nitrogens with zero attached hydrogens (tertiary/aromatic N) is 4. The van der Waals surface area contributed by atoms with Crippen molar-refractivity contribution in [3.05, 3.63) is 108 Å². The minimum Gasteiger partial charge on any atom is -0.439 e. The average molecular weight is 696 g/mol. The summed E-state index contributed by atoms with van der Waals surface area (Å²) in [6, 6.07) is 19.7. The third-order valence-corrected chi connectivity index (χ3v) is 10.5. The molecule has 0 unspecified atom stereocenters. The number of rotatable bonds is 13. The molecule has 0 spiro atoms. The van der Waals surface area contributed by atoms with Crippen molar-refractivity contribution in [1.29, 1.82) is 0 Å². The first-order valence-corrected chi connectivity index (χ1v) is 19.2. The average Bonchev–Trinajstić information content (AvgIpc) is 3.83. The lowest BCUT2D eigenvalue weighted by molar-refractivity contribution is -0.668. The van der Waals surface area contributed by atoms with Crippen LogP contribution >= 0.6 is 11.3 Å². The van der Waals surface area contributed by atoms with Crippen LogP contribution in [0.25, 0.3) is 27.7 Å². The van der Waals surface area contributed by atoms with Crippen LogP contribution in [-0.4, -0.2) is 53.1 Å². The molecular formula is C33H35N4O7S3+. The van der Waals surface area contributed by atoms with Gasteiger partial charge in [-0.1, -0.05) is 18.3 Å². The van der Waals surface area contributed by atoms with Gasteiger partial charge >= 0.3 is 0 Å². The van der Waals surface area contributed by atoms with E-state index in [-0.39, 0.29) is 24.3 Å². The Kier molecular flexibility index (Phi) is 9.39. The molecular weight excluding hydrogens is 661 g/mol. The predicted molar refractivity (Wildman–Crippen MR) is 184 cm³/mol. The van der Waals surface area contributed by atoms with Crippen molar-refractivity contribution in [2.45, 2.75) is 32.7 Å². The van der Waals surface area contributed by atoms with Crippen LogP contribution in [-0.2, 0) is 26.8 Å². The molecule has 47 heavy (non-hydrogen) atoms. The van der Waals surface area contributed by atoms with Crippen LogP contribution in [0.1, 0.15) is 31.2 Å². The summed E-state index contributed by atoms with van der Waals surface area (Å²) in [4.78, 5) is 1.92. The van der Waals surface area contributed by atoms with E-state index in [1.807, 2.05) is 106 Å². The molecule has 0 saturated carbocycles. The van der Waals surface area contributed by atoms with Crippen LogP contribution in [0.5, 0.6) is 5.75 Å². The largest absolute Gasteiger partial charge is 0.439 e. The predicted octanol–water partition coefficient (Wildman–Crippen LogP) is 5.86. The van der Waals surface area contributed by atoms with Gasteiger partial charge in [-0.2, -0.15) is 21.4 Å². The summed E-state index contributed by atoms with van der Waals surface area (Å²) in [5.41, 5.74) is 4.54. The lowest BCUT2D eigenvalue weighted by Crippen LogP contribution is -2.36. The third-order valence-electron chi connectivity index (χ3n) is 7.83. The van der Waals surface area contributed by atoms with Crippen molar-refractivity contribution in [2.75, 3.05) is 23.0 Å². The molecule has 0 radical (unpaired) electrons. The molecule has 0 saturated heterocycles. The summed E-state index contributed by atoms with van der Waals surface area (Å²) >= 11 is 1.58. The van der Waals surface area contributed by atoms with Gasteiger partial charge in [0, 0.05) is 61.7 Å². The van der Waals surface area contributed by atoms with Crippen molar-refractivity contribution >= 4 is 53.6 Å². The summed E-state index contributed by atoms with van der Waals surface area (Å²) in [5.74, 6) is 0.435. The fraction of sp³-hybridized carbons (Fsp3) is 0.242. The zero-order valence-corrected chi connectivity index (χ0v) is 28.1. The molecule has 1 aliphatic rings. The molecule has 2 aromatic carbocycles. The molecule has 0 aliphatic carbocycles. The molecule has 246 valence electrons. The van der Waals surface area contributed by atoms with Gasteiger partial charge in [0.15, 0.2) is 12.3 Å². The van der Waals surface area contributed by atoms with Gasteiger partial charge in [0.25, 0.3) is 25.2 Å². The molecule has 0 atom stereocenters. The fourth-order valence-corrected chi connectivity index (χ4v) is 7.70. The number of aryl methyl sites for hydroxylation is 1. The van der Waals surface area contributed by atoms with Gasteiger partial charge in [-0.15, -0.1) is 0 Å². The number of aromatic nitrogens is 3. The molecule has 11 nitrogen and oxygen atoms in total. The van der Waals surface area contributed by atoms with E-state index < -0.39 is 20.2 Å². The Morgan fingerprint density at radius 3 is 2.13 bits per heavy atom. The van der Waals surface area contributed by atoms with Gasteiger partial charge in [0.2, 0.25) is 11.4 Å². The number of allylic oxidation sites excluding steroid dienone is 2. The van der Waals surface area contributed by atoms with E-state index in [1.165, 1.54) is 0 Å². The summed E-state index contributed by atoms with van der Waals surface area (Å²) in [7, 11) is -8.25. The Balaban J connectivity index is 1.38. The minimum atomic E-state index is -4.13. The van der Waals surface area contributed by atoms with Crippen molar-refractivity contribution in [1.82, 2.24) is 9.13 Å². The highest BCUT2D eigenvalue weighted by atomic mass is 32.2. The first-order valence-electron chi connectivity index (χ1n) is 15.1. The normalized spacial score (nSPS) is 14.7. The zero-order chi connectivity index (χ0) is 33.2. The molecule has 6 rings (SSSR count). The van der Waals surface area contributed by atoms with E-state index in [2.05, 4.69) is 16.7 Å². The first-order chi connectivity index (χ1) is 22.5. The van der Waals surface area contributed by atoms with E-state index in [1.54, 1.807) is 11.3 Å². The van der Waals surface area contributed by atoms with Crippen molar-refractivity contribution in [3.8, 4) is 17.1 Å². The molecule has 0 fully saturated rings. The van der Waals surface area contributed by atoms with Crippen LogP contribution in [0.2, 0.25) is 0 Å². The quantitative estimate of drug-likeness (QED) is 0.116. The topological polar surface area (TPSA) is 135 Å². The van der Waals surface area contributed by atoms with Crippen LogP contribution in [0.3, 0.4) is 0 Å². The number of fused-ring (bicyclic) bond motifs is 2. The molecule has 5 aromatic rings. The van der Waals surface area contributed by atoms with Crippen molar-refractivity contribution in [3.63, 3.8) is 0 Å². The summed E-state index contributed by atoms with van der Waals surface area (Å²) in [5, 5.41) is 0.900. The minimum absolute atomic E-state index is 0.186. The van der Waals surface area contributed by atoms with Crippen LogP contribution in [0, 0.1) is 0 Å². The molecule has 4 heterocycles. The number of anilines is 1. The van der Waals surface area contributed by atoms with E-state index in [0.717, 1.165) is 37.9 Å². The maximum absolute atomic E-state index is 11.5. The second-order valence-corrected chi connectivity index (χ2v) is 15.4. The second-order valence-electron chi connectivity index (χ2n) is 11.2. The molecule has 3 aromatic heterocycles. The van der Waals surface area contributed by atoms with E-state index in [0.29, 0.717) is 31.1 Å². The highest BCUT2D eigenvalue weighted by Crippen LogP contribution is 2.41. The molecule has 0 amide bonds. The summed E-state index contributed by atoms with van der Waals surface area (Å²) in [6.45, 7) is 2.70. The van der Waals surface area contributed by atoms with Gasteiger partial charge < -0.3 is 18.8 Å². The third kappa shape index (κ3) is 7.85. The fourth-order valence-electron chi connectivity index (χ4n) is 5.56. The van der Waals surface area contributed by atoms with E-state index in [9.17, 15) is 25.9 Å². The standard InChI is InChI=1S/C33H34N4O7S3/c1-2-25(21-32-36(17-7-19-46(38,39)40)28-23-26(9-11-30(28)44-32)34-13-3-4-14-34)22-33-37(18-8-20-47(41,42)43)29-24-27(10-12-31(29)45-33)35-15-5-6-16-35/h3-6,9-16,21-24H,2,7-8,17-20H2,1H3,(H-,38,39,40,41,42,43)/p+1. The molecule has 2 N–H and O–H groups in total.